The summed E-state index contributed by atoms with van der Waals surface area (Å²) in [6.07, 6.45) is 0. The van der Waals surface area contributed by atoms with Gasteiger partial charge in [-0.15, -0.1) is 0 Å². The van der Waals surface area contributed by atoms with E-state index < -0.39 is 0 Å². The fourth-order valence-electron chi connectivity index (χ4n) is 2.33. The van der Waals surface area contributed by atoms with E-state index in [1.54, 1.807) is 0 Å². The summed E-state index contributed by atoms with van der Waals surface area (Å²) in [5.74, 6) is 0. The van der Waals surface area contributed by atoms with Crippen LogP contribution in [0.15, 0.2) is 73.4 Å². The number of thioether (sulfide) groups is 2. The van der Waals surface area contributed by atoms with Crippen molar-refractivity contribution in [3.8, 4) is 0 Å². The standard InChI is InChI=1S/C16H10S3/c1-3-7-13-11(5-1)15(16-17-9-10-18-16)12-6-2-4-8-14(12)19-13/h1-10H. The number of benzene rings is 2. The van der Waals surface area contributed by atoms with E-state index in [2.05, 4.69) is 59.3 Å². The van der Waals surface area contributed by atoms with Crippen molar-refractivity contribution in [2.24, 2.45) is 0 Å². The van der Waals surface area contributed by atoms with Crippen LogP contribution < -0.4 is 0 Å². The molecule has 0 aromatic heterocycles. The largest absolute Gasteiger partial charge is 0.0895 e. The summed E-state index contributed by atoms with van der Waals surface area (Å²) < 4.78 is 1.39. The smallest absolute Gasteiger partial charge is 0.0572 e. The molecule has 0 radical (unpaired) electrons. The zero-order valence-electron chi connectivity index (χ0n) is 10.00. The summed E-state index contributed by atoms with van der Waals surface area (Å²) in [5, 5.41) is 4.33. The number of hydrogen-bond acceptors (Lipinski definition) is 3. The van der Waals surface area contributed by atoms with Crippen LogP contribution in [0.5, 0.6) is 0 Å². The Kier molecular flexibility index (Phi) is 2.98. The maximum Gasteiger partial charge on any atom is 0.0572 e. The summed E-state index contributed by atoms with van der Waals surface area (Å²) in [4.78, 5) is 2.72. The molecule has 19 heavy (non-hydrogen) atoms. The third kappa shape index (κ3) is 1.97. The fourth-order valence-corrected chi connectivity index (χ4v) is 5.35. The van der Waals surface area contributed by atoms with Gasteiger partial charge in [-0.3, -0.25) is 0 Å². The van der Waals surface area contributed by atoms with E-state index in [4.69, 9.17) is 0 Å². The highest BCUT2D eigenvalue weighted by molar-refractivity contribution is 8.27. The van der Waals surface area contributed by atoms with Crippen LogP contribution in [0.2, 0.25) is 0 Å². The first-order valence-corrected chi connectivity index (χ1v) is 8.60. The second-order valence-corrected chi connectivity index (χ2v) is 7.44. The van der Waals surface area contributed by atoms with Crippen LogP contribution in [0.3, 0.4) is 0 Å². The monoisotopic (exact) mass is 298 g/mol. The molecule has 0 amide bonds. The topological polar surface area (TPSA) is 0 Å². The lowest BCUT2D eigenvalue weighted by Gasteiger charge is -2.23. The zero-order valence-corrected chi connectivity index (χ0v) is 12.4. The van der Waals surface area contributed by atoms with Crippen molar-refractivity contribution in [2.75, 3.05) is 0 Å². The Labute approximate surface area is 125 Å². The first kappa shape index (κ1) is 11.8. The first-order chi connectivity index (χ1) is 9.43. The predicted molar refractivity (Wildman–Crippen MR) is 87.4 cm³/mol. The molecule has 0 saturated heterocycles. The number of rotatable bonds is 0. The van der Waals surface area contributed by atoms with Gasteiger partial charge in [-0.25, -0.2) is 0 Å². The minimum absolute atomic E-state index is 1.36. The third-order valence-corrected chi connectivity index (χ3v) is 6.42. The molecule has 2 aliphatic heterocycles. The quantitative estimate of drug-likeness (QED) is 0.513. The zero-order chi connectivity index (χ0) is 12.7. The average Bonchev–Trinajstić information content (AvgIpc) is 2.98. The SMILES string of the molecule is C1=CSC(=C2c3ccccc3Sc3ccccc32)S1. The molecular weight excluding hydrogens is 288 g/mol. The van der Waals surface area contributed by atoms with E-state index in [-0.39, 0.29) is 0 Å². The van der Waals surface area contributed by atoms with Gasteiger partial charge >= 0.3 is 0 Å². The van der Waals surface area contributed by atoms with Crippen molar-refractivity contribution < 1.29 is 0 Å². The molecular formula is C16H10S3. The molecule has 0 fully saturated rings. The van der Waals surface area contributed by atoms with E-state index in [0.717, 1.165) is 0 Å². The van der Waals surface area contributed by atoms with Crippen LogP contribution in [0.4, 0.5) is 0 Å². The van der Waals surface area contributed by atoms with E-state index in [1.165, 1.54) is 30.7 Å². The first-order valence-electron chi connectivity index (χ1n) is 6.03. The third-order valence-electron chi connectivity index (χ3n) is 3.14. The van der Waals surface area contributed by atoms with E-state index >= 15 is 0 Å². The Morgan fingerprint density at radius 1 is 0.632 bits per heavy atom. The van der Waals surface area contributed by atoms with E-state index in [0.29, 0.717) is 0 Å². The Morgan fingerprint density at radius 3 is 1.74 bits per heavy atom. The molecule has 0 nitrogen and oxygen atoms in total. The molecule has 3 heteroatoms. The maximum absolute atomic E-state index is 2.24. The van der Waals surface area contributed by atoms with Gasteiger partial charge in [-0.05, 0) is 34.1 Å². The summed E-state index contributed by atoms with van der Waals surface area (Å²) in [7, 11) is 0. The lowest BCUT2D eigenvalue weighted by Crippen LogP contribution is -1.99. The van der Waals surface area contributed by atoms with E-state index in [9.17, 15) is 0 Å². The lowest BCUT2D eigenvalue weighted by molar-refractivity contribution is 1.29. The molecule has 2 aromatic carbocycles. The summed E-state index contributed by atoms with van der Waals surface area (Å²) in [6.45, 7) is 0. The van der Waals surface area contributed by atoms with Crippen LogP contribution in [0, 0.1) is 0 Å². The van der Waals surface area contributed by atoms with Crippen LogP contribution >= 0.6 is 35.3 Å². The van der Waals surface area contributed by atoms with Gasteiger partial charge in [-0.2, -0.15) is 0 Å². The van der Waals surface area contributed by atoms with Gasteiger partial charge in [0.25, 0.3) is 0 Å². The van der Waals surface area contributed by atoms with Gasteiger partial charge < -0.3 is 0 Å². The number of hydrogen-bond donors (Lipinski definition) is 0. The van der Waals surface area contributed by atoms with Crippen molar-refractivity contribution in [1.29, 1.82) is 0 Å². The molecule has 0 atom stereocenters. The van der Waals surface area contributed by atoms with Crippen molar-refractivity contribution in [2.45, 2.75) is 9.79 Å². The van der Waals surface area contributed by atoms with Crippen molar-refractivity contribution in [1.82, 2.24) is 0 Å². The molecule has 2 aromatic rings. The Hall–Kier alpha value is -1.03. The van der Waals surface area contributed by atoms with Crippen molar-refractivity contribution in [3.05, 3.63) is 74.7 Å². The highest BCUT2D eigenvalue weighted by atomic mass is 32.2. The van der Waals surface area contributed by atoms with Crippen LogP contribution in [0.25, 0.3) is 5.57 Å². The van der Waals surface area contributed by atoms with Crippen LogP contribution in [0.1, 0.15) is 11.1 Å². The summed E-state index contributed by atoms with van der Waals surface area (Å²) >= 11 is 5.53. The Balaban J connectivity index is 2.01. The van der Waals surface area contributed by atoms with Gasteiger partial charge in [-0.1, -0.05) is 71.7 Å². The molecule has 92 valence electrons. The Morgan fingerprint density at radius 2 is 1.16 bits per heavy atom. The second kappa shape index (κ2) is 4.82. The van der Waals surface area contributed by atoms with Crippen molar-refractivity contribution >= 4 is 40.9 Å². The minimum Gasteiger partial charge on any atom is -0.0895 e. The average molecular weight is 298 g/mol. The van der Waals surface area contributed by atoms with E-state index in [1.807, 2.05) is 35.3 Å². The Bertz CT molecular complexity index is 656. The maximum atomic E-state index is 2.24. The number of fused-ring (bicyclic) bond motifs is 2. The molecule has 0 N–H and O–H groups in total. The van der Waals surface area contributed by atoms with Gasteiger partial charge in [0.1, 0.15) is 0 Å². The molecule has 2 aliphatic rings. The van der Waals surface area contributed by atoms with Gasteiger partial charge in [0.2, 0.25) is 0 Å². The summed E-state index contributed by atoms with van der Waals surface area (Å²) in [6, 6.07) is 17.4. The highest BCUT2D eigenvalue weighted by Crippen LogP contribution is 2.52. The highest BCUT2D eigenvalue weighted by Gasteiger charge is 2.24. The van der Waals surface area contributed by atoms with Gasteiger partial charge in [0.05, 0.1) is 4.24 Å². The summed E-state index contributed by atoms with van der Waals surface area (Å²) in [5.41, 5.74) is 4.12. The van der Waals surface area contributed by atoms with Gasteiger partial charge in [0.15, 0.2) is 0 Å². The second-order valence-electron chi connectivity index (χ2n) is 4.26. The van der Waals surface area contributed by atoms with Crippen molar-refractivity contribution in [3.63, 3.8) is 0 Å². The predicted octanol–water partition coefficient (Wildman–Crippen LogP) is 5.82. The fraction of sp³-hybridized carbons (Fsp3) is 0. The lowest BCUT2D eigenvalue weighted by atomic mass is 9.99. The normalized spacial score (nSPS) is 16.4. The molecule has 0 saturated carbocycles. The van der Waals surface area contributed by atoms with Gasteiger partial charge in [0, 0.05) is 15.4 Å². The molecule has 0 bridgehead atoms. The van der Waals surface area contributed by atoms with Crippen LogP contribution in [-0.4, -0.2) is 0 Å². The molecule has 0 spiro atoms. The molecule has 0 aliphatic carbocycles. The molecule has 0 unspecified atom stereocenters. The molecule has 4 rings (SSSR count). The van der Waals surface area contributed by atoms with Crippen LogP contribution in [-0.2, 0) is 0 Å². The minimum atomic E-state index is 1.36. The molecule has 2 heterocycles.